The van der Waals surface area contributed by atoms with Gasteiger partial charge < -0.3 is 10.2 Å². The van der Waals surface area contributed by atoms with Gasteiger partial charge in [-0.05, 0) is 19.1 Å². The highest BCUT2D eigenvalue weighted by molar-refractivity contribution is 5.46. The summed E-state index contributed by atoms with van der Waals surface area (Å²) in [6.07, 6.45) is -4.57. The Hall–Kier alpha value is -1.90. The monoisotopic (exact) mass is 286 g/mol. The Morgan fingerprint density at radius 1 is 1.30 bits per heavy atom. The molecule has 0 bridgehead atoms. The van der Waals surface area contributed by atoms with Crippen LogP contribution in [0.1, 0.15) is 12.7 Å². The molecule has 0 saturated carbocycles. The Balaban J connectivity index is 2.01. The van der Waals surface area contributed by atoms with E-state index in [1.165, 1.54) is 6.07 Å². The average molecular weight is 286 g/mol. The molecule has 2 aromatic rings. The van der Waals surface area contributed by atoms with Crippen molar-refractivity contribution < 1.29 is 13.2 Å². The number of alkyl halides is 3. The summed E-state index contributed by atoms with van der Waals surface area (Å²) in [6.45, 7) is 4.19. The highest BCUT2D eigenvalue weighted by Gasteiger charge is 2.37. The molecule has 0 aliphatic carbocycles. The van der Waals surface area contributed by atoms with Gasteiger partial charge >= 0.3 is 6.18 Å². The fourth-order valence-corrected chi connectivity index (χ4v) is 2.27. The molecule has 3 heterocycles. The van der Waals surface area contributed by atoms with Crippen LogP contribution in [0.3, 0.4) is 0 Å². The smallest absolute Gasteiger partial charge is 0.352 e. The molecule has 0 radical (unpaired) electrons. The maximum absolute atomic E-state index is 12.8. The van der Waals surface area contributed by atoms with Gasteiger partial charge in [0.15, 0.2) is 5.65 Å². The van der Waals surface area contributed by atoms with E-state index in [2.05, 4.69) is 20.6 Å². The third-order valence-corrected chi connectivity index (χ3v) is 3.20. The summed E-state index contributed by atoms with van der Waals surface area (Å²) in [7, 11) is 0. The third-order valence-electron chi connectivity index (χ3n) is 3.20. The first-order valence-corrected chi connectivity index (χ1v) is 6.23. The van der Waals surface area contributed by atoms with Crippen LogP contribution >= 0.6 is 0 Å². The molecular formula is C11H13F3N6. The molecule has 0 aromatic carbocycles. The number of fused-ring (bicyclic) bond motifs is 1. The summed E-state index contributed by atoms with van der Waals surface area (Å²) in [5.74, 6) is -0.603. The Morgan fingerprint density at radius 2 is 2.10 bits per heavy atom. The minimum atomic E-state index is -4.57. The summed E-state index contributed by atoms with van der Waals surface area (Å²) in [5, 5.41) is 13.9. The zero-order valence-corrected chi connectivity index (χ0v) is 10.7. The molecule has 0 spiro atoms. The number of hydrogen-bond donors (Lipinski definition) is 1. The SMILES string of the molecule is C[C@@H]1CN(c2ccc3nnc(C(F)(F)F)n3n2)CCN1. The molecule has 0 unspecified atom stereocenters. The second-order valence-corrected chi connectivity index (χ2v) is 4.78. The molecule has 1 atom stereocenters. The standard InChI is InChI=1S/C11H13F3N6/c1-7-6-19(5-4-15-7)9-3-2-8-16-17-10(11(12,13)14)20(8)18-9/h2-3,7,15H,4-6H2,1H3/t7-/m1/s1. The first-order chi connectivity index (χ1) is 9.45. The molecule has 20 heavy (non-hydrogen) atoms. The molecule has 1 aliphatic rings. The van der Waals surface area contributed by atoms with Gasteiger partial charge in [0.2, 0.25) is 0 Å². The van der Waals surface area contributed by atoms with E-state index >= 15 is 0 Å². The van der Waals surface area contributed by atoms with Gasteiger partial charge in [0, 0.05) is 25.7 Å². The van der Waals surface area contributed by atoms with Crippen molar-refractivity contribution >= 4 is 11.5 Å². The van der Waals surface area contributed by atoms with Gasteiger partial charge in [-0.3, -0.25) is 0 Å². The summed E-state index contributed by atoms with van der Waals surface area (Å²) >= 11 is 0. The van der Waals surface area contributed by atoms with Gasteiger partial charge in [-0.2, -0.15) is 17.7 Å². The molecule has 9 heteroatoms. The molecule has 6 nitrogen and oxygen atoms in total. The fourth-order valence-electron chi connectivity index (χ4n) is 2.27. The predicted molar refractivity (Wildman–Crippen MR) is 65.5 cm³/mol. The van der Waals surface area contributed by atoms with Crippen LogP contribution in [0.4, 0.5) is 19.0 Å². The van der Waals surface area contributed by atoms with Crippen molar-refractivity contribution in [1.82, 2.24) is 25.1 Å². The van der Waals surface area contributed by atoms with Crippen LogP contribution in [0.25, 0.3) is 5.65 Å². The van der Waals surface area contributed by atoms with Crippen LogP contribution in [0.5, 0.6) is 0 Å². The number of hydrogen-bond acceptors (Lipinski definition) is 5. The van der Waals surface area contributed by atoms with Crippen LogP contribution in [-0.2, 0) is 6.18 Å². The zero-order chi connectivity index (χ0) is 14.3. The van der Waals surface area contributed by atoms with E-state index in [1.54, 1.807) is 6.07 Å². The van der Waals surface area contributed by atoms with E-state index in [1.807, 2.05) is 11.8 Å². The topological polar surface area (TPSA) is 58.4 Å². The van der Waals surface area contributed by atoms with Gasteiger partial charge in [-0.25, -0.2) is 0 Å². The second-order valence-electron chi connectivity index (χ2n) is 4.78. The van der Waals surface area contributed by atoms with Gasteiger partial charge in [-0.1, -0.05) is 0 Å². The number of aromatic nitrogens is 4. The van der Waals surface area contributed by atoms with E-state index in [9.17, 15) is 13.2 Å². The third kappa shape index (κ3) is 2.28. The minimum Gasteiger partial charge on any atom is -0.352 e. The largest absolute Gasteiger partial charge is 0.453 e. The number of rotatable bonds is 1. The van der Waals surface area contributed by atoms with Crippen LogP contribution in [0.2, 0.25) is 0 Å². The molecule has 0 amide bonds. The number of nitrogens with one attached hydrogen (secondary N) is 1. The van der Waals surface area contributed by atoms with Crippen LogP contribution < -0.4 is 10.2 Å². The summed E-state index contributed by atoms with van der Waals surface area (Å²) in [6, 6.07) is 3.43. The Bertz CT molecular complexity index is 622. The molecule has 1 saturated heterocycles. The quantitative estimate of drug-likeness (QED) is 0.845. The van der Waals surface area contributed by atoms with Crippen LogP contribution in [-0.4, -0.2) is 45.5 Å². The minimum absolute atomic E-state index is 0.0873. The predicted octanol–water partition coefficient (Wildman–Crippen LogP) is 0.941. The van der Waals surface area contributed by atoms with Gasteiger partial charge in [-0.15, -0.1) is 15.3 Å². The number of piperazine rings is 1. The van der Waals surface area contributed by atoms with Crippen molar-refractivity contribution in [2.75, 3.05) is 24.5 Å². The van der Waals surface area contributed by atoms with E-state index in [0.717, 1.165) is 11.1 Å². The first-order valence-electron chi connectivity index (χ1n) is 6.23. The fraction of sp³-hybridized carbons (Fsp3) is 0.545. The molecule has 1 aliphatic heterocycles. The summed E-state index contributed by atoms with van der Waals surface area (Å²) in [5.41, 5.74) is 0.0873. The van der Waals surface area contributed by atoms with E-state index in [0.29, 0.717) is 18.9 Å². The average Bonchev–Trinajstić information content (AvgIpc) is 2.81. The lowest BCUT2D eigenvalue weighted by atomic mass is 10.2. The van der Waals surface area contributed by atoms with E-state index in [4.69, 9.17) is 0 Å². The number of anilines is 1. The lowest BCUT2D eigenvalue weighted by molar-refractivity contribution is -0.146. The van der Waals surface area contributed by atoms with Crippen molar-refractivity contribution in [2.45, 2.75) is 19.1 Å². The van der Waals surface area contributed by atoms with Crippen molar-refractivity contribution in [3.63, 3.8) is 0 Å². The Labute approximate surface area is 112 Å². The molecule has 3 rings (SSSR count). The molecule has 108 valence electrons. The number of halogens is 3. The Morgan fingerprint density at radius 3 is 2.80 bits per heavy atom. The van der Waals surface area contributed by atoms with Crippen molar-refractivity contribution in [1.29, 1.82) is 0 Å². The highest BCUT2D eigenvalue weighted by atomic mass is 19.4. The van der Waals surface area contributed by atoms with Gasteiger partial charge in [0.05, 0.1) is 0 Å². The molecule has 2 aromatic heterocycles. The maximum atomic E-state index is 12.8. The summed E-state index contributed by atoms with van der Waals surface area (Å²) in [4.78, 5) is 1.95. The van der Waals surface area contributed by atoms with Crippen molar-refractivity contribution in [3.05, 3.63) is 18.0 Å². The molecule has 1 fully saturated rings. The van der Waals surface area contributed by atoms with Crippen LogP contribution in [0, 0.1) is 0 Å². The van der Waals surface area contributed by atoms with Crippen LogP contribution in [0.15, 0.2) is 12.1 Å². The lowest BCUT2D eigenvalue weighted by Crippen LogP contribution is -2.49. The summed E-state index contributed by atoms with van der Waals surface area (Å²) < 4.78 is 39.2. The maximum Gasteiger partial charge on any atom is 0.453 e. The van der Waals surface area contributed by atoms with Crippen molar-refractivity contribution in [2.24, 2.45) is 0 Å². The van der Waals surface area contributed by atoms with E-state index in [-0.39, 0.29) is 11.7 Å². The Kier molecular flexibility index (Phi) is 3.00. The number of nitrogens with zero attached hydrogens (tertiary/aromatic N) is 5. The zero-order valence-electron chi connectivity index (χ0n) is 10.7. The first kappa shape index (κ1) is 13.1. The molecule has 1 N–H and O–H groups in total. The van der Waals surface area contributed by atoms with Gasteiger partial charge in [0.1, 0.15) is 5.82 Å². The van der Waals surface area contributed by atoms with Gasteiger partial charge in [0.25, 0.3) is 5.82 Å². The molecular weight excluding hydrogens is 273 g/mol. The second kappa shape index (κ2) is 4.58. The van der Waals surface area contributed by atoms with E-state index < -0.39 is 12.0 Å². The normalized spacial score (nSPS) is 20.6. The highest BCUT2D eigenvalue weighted by Crippen LogP contribution is 2.28. The lowest BCUT2D eigenvalue weighted by Gasteiger charge is -2.32. The van der Waals surface area contributed by atoms with Crippen molar-refractivity contribution in [3.8, 4) is 0 Å².